The van der Waals surface area contributed by atoms with E-state index >= 15 is 0 Å². The van der Waals surface area contributed by atoms with Crippen molar-refractivity contribution in [3.8, 4) is 5.75 Å². The molecule has 0 saturated carbocycles. The lowest BCUT2D eigenvalue weighted by molar-refractivity contribution is 0.102. The fourth-order valence-electron chi connectivity index (χ4n) is 1.50. The second-order valence-electron chi connectivity index (χ2n) is 3.56. The molecular weight excluding hydrogens is 234 g/mol. The van der Waals surface area contributed by atoms with E-state index in [0.29, 0.717) is 18.0 Å². The van der Waals surface area contributed by atoms with E-state index in [1.807, 2.05) is 13.0 Å². The smallest absolute Gasteiger partial charge is 0.273 e. The number of benzene rings is 1. The molecule has 1 aromatic heterocycles. The molecule has 2 rings (SSSR count). The number of hydrogen-bond acceptors (Lipinski definition) is 3. The number of anilines is 1. The molecule has 1 amide bonds. The molecule has 0 fully saturated rings. The van der Waals surface area contributed by atoms with Crippen molar-refractivity contribution in [1.29, 1.82) is 0 Å². The van der Waals surface area contributed by atoms with Crippen molar-refractivity contribution in [3.05, 3.63) is 46.4 Å². The first-order valence-corrected chi connectivity index (χ1v) is 5.51. The number of carbonyl (C=O) groups excluding carboxylic acids is 1. The Kier molecular flexibility index (Phi) is 3.47. The van der Waals surface area contributed by atoms with Crippen LogP contribution in [0.25, 0.3) is 0 Å². The highest BCUT2D eigenvalue weighted by molar-refractivity contribution is 6.03. The molecular formula is C12H13N3O3. The van der Waals surface area contributed by atoms with Gasteiger partial charge in [0.2, 0.25) is 0 Å². The predicted octanol–water partition coefficient (Wildman–Crippen LogP) is 1.35. The van der Waals surface area contributed by atoms with Gasteiger partial charge in [0, 0.05) is 6.07 Å². The highest BCUT2D eigenvalue weighted by Gasteiger charge is 2.11. The number of rotatable bonds is 4. The number of aromatic nitrogens is 2. The van der Waals surface area contributed by atoms with Crippen molar-refractivity contribution in [1.82, 2.24) is 10.2 Å². The molecule has 3 N–H and O–H groups in total. The topological polar surface area (TPSA) is 87.0 Å². The van der Waals surface area contributed by atoms with Crippen molar-refractivity contribution < 1.29 is 9.53 Å². The van der Waals surface area contributed by atoms with Gasteiger partial charge in [-0.25, -0.2) is 0 Å². The van der Waals surface area contributed by atoms with E-state index in [4.69, 9.17) is 4.74 Å². The lowest BCUT2D eigenvalue weighted by atomic mass is 10.3. The molecule has 0 atom stereocenters. The molecule has 0 unspecified atom stereocenters. The number of carbonyl (C=O) groups is 1. The number of ether oxygens (including phenoxy) is 1. The number of amides is 1. The van der Waals surface area contributed by atoms with Crippen LogP contribution in [-0.2, 0) is 0 Å². The van der Waals surface area contributed by atoms with Gasteiger partial charge in [-0.3, -0.25) is 19.8 Å². The fourth-order valence-corrected chi connectivity index (χ4v) is 1.50. The van der Waals surface area contributed by atoms with E-state index < -0.39 is 5.91 Å². The van der Waals surface area contributed by atoms with Gasteiger partial charge >= 0.3 is 0 Å². The zero-order valence-electron chi connectivity index (χ0n) is 9.82. The number of para-hydroxylation sites is 2. The van der Waals surface area contributed by atoms with Gasteiger partial charge in [0.1, 0.15) is 11.4 Å². The van der Waals surface area contributed by atoms with E-state index in [0.717, 1.165) is 0 Å². The maximum Gasteiger partial charge on any atom is 0.273 e. The molecule has 18 heavy (non-hydrogen) atoms. The van der Waals surface area contributed by atoms with E-state index in [9.17, 15) is 9.59 Å². The van der Waals surface area contributed by atoms with Crippen LogP contribution in [-0.4, -0.2) is 22.7 Å². The molecule has 0 aliphatic rings. The molecule has 0 saturated heterocycles. The van der Waals surface area contributed by atoms with Gasteiger partial charge in [-0.15, -0.1) is 0 Å². The fraction of sp³-hybridized carbons (Fsp3) is 0.167. The van der Waals surface area contributed by atoms with Crippen LogP contribution < -0.4 is 15.6 Å². The zero-order valence-corrected chi connectivity index (χ0v) is 9.82. The van der Waals surface area contributed by atoms with Gasteiger partial charge in [-0.05, 0) is 19.1 Å². The van der Waals surface area contributed by atoms with Gasteiger partial charge in [0.25, 0.3) is 11.5 Å². The molecule has 2 aromatic rings. The Morgan fingerprint density at radius 3 is 2.78 bits per heavy atom. The van der Waals surface area contributed by atoms with Crippen LogP contribution in [0.1, 0.15) is 17.4 Å². The second-order valence-corrected chi connectivity index (χ2v) is 3.56. The molecule has 0 radical (unpaired) electrons. The summed E-state index contributed by atoms with van der Waals surface area (Å²) in [5, 5.41) is 7.46. The van der Waals surface area contributed by atoms with Gasteiger partial charge in [0.05, 0.1) is 12.3 Å². The monoisotopic (exact) mass is 247 g/mol. The highest BCUT2D eigenvalue weighted by atomic mass is 16.5. The Hall–Kier alpha value is -2.50. The van der Waals surface area contributed by atoms with Crippen LogP contribution in [0.2, 0.25) is 0 Å². The molecule has 0 bridgehead atoms. The largest absolute Gasteiger partial charge is 0.492 e. The summed E-state index contributed by atoms with van der Waals surface area (Å²) in [6.07, 6.45) is 0. The zero-order chi connectivity index (χ0) is 13.0. The summed E-state index contributed by atoms with van der Waals surface area (Å²) in [5.41, 5.74) is 0.385. The number of H-pyrrole nitrogens is 2. The number of nitrogens with one attached hydrogen (secondary N) is 3. The average molecular weight is 247 g/mol. The van der Waals surface area contributed by atoms with Crippen LogP contribution in [0.3, 0.4) is 0 Å². The third-order valence-electron chi connectivity index (χ3n) is 2.28. The standard InChI is InChI=1S/C12H13N3O3/c1-2-18-10-6-4-3-5-8(10)13-12(17)9-7-11(16)15-14-9/h3-7H,2H2,1H3,(H,13,17)(H2,14,15,16). The summed E-state index contributed by atoms with van der Waals surface area (Å²) < 4.78 is 5.38. The Labute approximate surface area is 103 Å². The summed E-state index contributed by atoms with van der Waals surface area (Å²) in [5.74, 6) is 0.187. The summed E-state index contributed by atoms with van der Waals surface area (Å²) in [4.78, 5) is 22.8. The molecule has 6 nitrogen and oxygen atoms in total. The number of aromatic amines is 2. The second kappa shape index (κ2) is 5.22. The quantitative estimate of drug-likeness (QED) is 0.762. The first kappa shape index (κ1) is 12.0. The van der Waals surface area contributed by atoms with Crippen molar-refractivity contribution in [2.45, 2.75) is 6.92 Å². The minimum atomic E-state index is -0.402. The van der Waals surface area contributed by atoms with Crippen LogP contribution in [0.15, 0.2) is 35.1 Å². The Morgan fingerprint density at radius 1 is 1.33 bits per heavy atom. The molecule has 0 spiro atoms. The predicted molar refractivity (Wildman–Crippen MR) is 67.0 cm³/mol. The molecule has 1 heterocycles. The molecule has 94 valence electrons. The van der Waals surface area contributed by atoms with Crippen molar-refractivity contribution in [2.75, 3.05) is 11.9 Å². The first-order chi connectivity index (χ1) is 8.70. The van der Waals surface area contributed by atoms with E-state index in [1.54, 1.807) is 18.2 Å². The summed E-state index contributed by atoms with van der Waals surface area (Å²) in [6, 6.07) is 8.29. The van der Waals surface area contributed by atoms with Crippen LogP contribution in [0.4, 0.5) is 5.69 Å². The summed E-state index contributed by atoms with van der Waals surface area (Å²) >= 11 is 0. The van der Waals surface area contributed by atoms with Crippen molar-refractivity contribution in [2.24, 2.45) is 0 Å². The van der Waals surface area contributed by atoms with E-state index in [2.05, 4.69) is 15.5 Å². The maximum atomic E-state index is 11.8. The minimum absolute atomic E-state index is 0.173. The minimum Gasteiger partial charge on any atom is -0.492 e. The first-order valence-electron chi connectivity index (χ1n) is 5.51. The Morgan fingerprint density at radius 2 is 2.11 bits per heavy atom. The molecule has 1 aromatic carbocycles. The highest BCUT2D eigenvalue weighted by Crippen LogP contribution is 2.23. The lowest BCUT2D eigenvalue weighted by Crippen LogP contribution is -2.13. The Bertz CT molecular complexity index is 600. The van der Waals surface area contributed by atoms with Crippen LogP contribution in [0, 0.1) is 0 Å². The summed E-state index contributed by atoms with van der Waals surface area (Å²) in [7, 11) is 0. The molecule has 6 heteroatoms. The van der Waals surface area contributed by atoms with Crippen molar-refractivity contribution >= 4 is 11.6 Å². The van der Waals surface area contributed by atoms with Gasteiger partial charge < -0.3 is 10.1 Å². The van der Waals surface area contributed by atoms with Gasteiger partial charge in [0.15, 0.2) is 0 Å². The number of hydrogen-bond donors (Lipinski definition) is 3. The SMILES string of the molecule is CCOc1ccccc1NC(=O)c1cc(=O)[nH][nH]1. The third-order valence-corrected chi connectivity index (χ3v) is 2.28. The average Bonchev–Trinajstić information content (AvgIpc) is 2.79. The summed E-state index contributed by atoms with van der Waals surface area (Å²) in [6.45, 7) is 2.37. The molecule has 0 aliphatic carbocycles. The molecule has 0 aliphatic heterocycles. The Balaban J connectivity index is 2.18. The lowest BCUT2D eigenvalue weighted by Gasteiger charge is -2.10. The normalized spacial score (nSPS) is 10.1. The van der Waals surface area contributed by atoms with Gasteiger partial charge in [-0.1, -0.05) is 12.1 Å². The van der Waals surface area contributed by atoms with E-state index in [-0.39, 0.29) is 11.3 Å². The maximum absolute atomic E-state index is 11.8. The third kappa shape index (κ3) is 2.60. The van der Waals surface area contributed by atoms with Crippen LogP contribution >= 0.6 is 0 Å². The van der Waals surface area contributed by atoms with E-state index in [1.165, 1.54) is 6.07 Å². The van der Waals surface area contributed by atoms with Crippen LogP contribution in [0.5, 0.6) is 5.75 Å². The van der Waals surface area contributed by atoms with Crippen molar-refractivity contribution in [3.63, 3.8) is 0 Å². The van der Waals surface area contributed by atoms with Gasteiger partial charge in [-0.2, -0.15) is 0 Å².